The van der Waals surface area contributed by atoms with E-state index in [9.17, 15) is 9.59 Å². The van der Waals surface area contributed by atoms with Crippen LogP contribution in [0.5, 0.6) is 5.75 Å². The molecule has 1 aliphatic heterocycles. The first-order valence-electron chi connectivity index (χ1n) is 7.89. The van der Waals surface area contributed by atoms with Gasteiger partial charge in [-0.05, 0) is 24.1 Å². The van der Waals surface area contributed by atoms with Crippen molar-refractivity contribution in [2.45, 2.75) is 32.4 Å². The zero-order chi connectivity index (χ0) is 16.8. The van der Waals surface area contributed by atoms with E-state index >= 15 is 0 Å². The lowest BCUT2D eigenvalue weighted by Crippen LogP contribution is -2.41. The molecule has 0 aromatic heterocycles. The van der Waals surface area contributed by atoms with Gasteiger partial charge in [0.05, 0.1) is 25.7 Å². The second-order valence-corrected chi connectivity index (χ2v) is 5.82. The zero-order valence-electron chi connectivity index (χ0n) is 13.6. The van der Waals surface area contributed by atoms with Crippen LogP contribution in [0.25, 0.3) is 0 Å². The van der Waals surface area contributed by atoms with Crippen LogP contribution in [0.1, 0.15) is 25.3 Å². The normalized spacial score (nSPS) is 18.8. The van der Waals surface area contributed by atoms with Crippen molar-refractivity contribution in [2.75, 3.05) is 20.3 Å². The Labute approximate surface area is 136 Å². The van der Waals surface area contributed by atoms with Gasteiger partial charge in [-0.15, -0.1) is 0 Å². The standard InChI is InChI=1S/C17H24N2O4/c1-3-14(11-20)18-17(22)13-8-16(21)19(10-13)9-12-4-6-15(23-2)7-5-12/h4-7,13-14,20H,3,8-11H2,1-2H3,(H,18,22). The molecule has 1 saturated heterocycles. The van der Waals surface area contributed by atoms with E-state index in [1.54, 1.807) is 12.0 Å². The average molecular weight is 320 g/mol. The Hall–Kier alpha value is -2.08. The van der Waals surface area contributed by atoms with Crippen molar-refractivity contribution in [1.82, 2.24) is 10.2 Å². The van der Waals surface area contributed by atoms with E-state index in [1.165, 1.54) is 0 Å². The summed E-state index contributed by atoms with van der Waals surface area (Å²) in [6.07, 6.45) is 0.891. The van der Waals surface area contributed by atoms with Crippen LogP contribution in [0.4, 0.5) is 0 Å². The molecule has 2 unspecified atom stereocenters. The maximum absolute atomic E-state index is 12.2. The molecule has 1 fully saturated rings. The zero-order valence-corrected chi connectivity index (χ0v) is 13.6. The van der Waals surface area contributed by atoms with E-state index in [0.717, 1.165) is 11.3 Å². The molecule has 0 aliphatic carbocycles. The summed E-state index contributed by atoms with van der Waals surface area (Å²) in [5.74, 6) is 0.254. The summed E-state index contributed by atoms with van der Waals surface area (Å²) < 4.78 is 5.11. The van der Waals surface area contributed by atoms with Crippen molar-refractivity contribution in [2.24, 2.45) is 5.92 Å². The molecular formula is C17H24N2O4. The molecule has 1 heterocycles. The maximum Gasteiger partial charge on any atom is 0.225 e. The van der Waals surface area contributed by atoms with Gasteiger partial charge < -0.3 is 20.1 Å². The van der Waals surface area contributed by atoms with Gasteiger partial charge in [-0.1, -0.05) is 19.1 Å². The third kappa shape index (κ3) is 4.45. The molecule has 1 aromatic carbocycles. The highest BCUT2D eigenvalue weighted by Crippen LogP contribution is 2.21. The quantitative estimate of drug-likeness (QED) is 0.783. The summed E-state index contributed by atoms with van der Waals surface area (Å²) in [6.45, 7) is 2.72. The molecule has 2 atom stereocenters. The highest BCUT2D eigenvalue weighted by Gasteiger charge is 2.34. The Balaban J connectivity index is 1.92. The Morgan fingerprint density at radius 3 is 2.70 bits per heavy atom. The van der Waals surface area contributed by atoms with E-state index in [-0.39, 0.29) is 36.8 Å². The number of rotatable bonds is 7. The largest absolute Gasteiger partial charge is 0.497 e. The minimum absolute atomic E-state index is 0.0157. The number of methoxy groups -OCH3 is 1. The molecule has 2 rings (SSSR count). The number of nitrogens with one attached hydrogen (secondary N) is 1. The number of carbonyl (C=O) groups excluding carboxylic acids is 2. The number of hydrogen-bond acceptors (Lipinski definition) is 4. The number of nitrogens with zero attached hydrogens (tertiary/aromatic N) is 1. The van der Waals surface area contributed by atoms with E-state index < -0.39 is 0 Å². The summed E-state index contributed by atoms with van der Waals surface area (Å²) in [5, 5.41) is 12.0. The highest BCUT2D eigenvalue weighted by atomic mass is 16.5. The lowest BCUT2D eigenvalue weighted by molar-refractivity contribution is -0.129. The van der Waals surface area contributed by atoms with Gasteiger partial charge in [0.1, 0.15) is 5.75 Å². The number of likely N-dealkylation sites (tertiary alicyclic amines) is 1. The van der Waals surface area contributed by atoms with Gasteiger partial charge >= 0.3 is 0 Å². The molecule has 0 spiro atoms. The fraction of sp³-hybridized carbons (Fsp3) is 0.529. The minimum atomic E-state index is -0.346. The van der Waals surface area contributed by atoms with Crippen molar-refractivity contribution < 1.29 is 19.4 Å². The lowest BCUT2D eigenvalue weighted by atomic mass is 10.1. The summed E-state index contributed by atoms with van der Waals surface area (Å²) in [7, 11) is 1.61. The molecular weight excluding hydrogens is 296 g/mol. The SMILES string of the molecule is CCC(CO)NC(=O)C1CC(=O)N(Cc2ccc(OC)cc2)C1. The molecule has 126 valence electrons. The van der Waals surface area contributed by atoms with Gasteiger partial charge in [0.15, 0.2) is 0 Å². The smallest absolute Gasteiger partial charge is 0.225 e. The van der Waals surface area contributed by atoms with Crippen molar-refractivity contribution in [3.63, 3.8) is 0 Å². The second kappa shape index (κ2) is 7.97. The van der Waals surface area contributed by atoms with E-state index in [1.807, 2.05) is 31.2 Å². The number of amides is 2. The van der Waals surface area contributed by atoms with Gasteiger partial charge in [0.2, 0.25) is 11.8 Å². The topological polar surface area (TPSA) is 78.9 Å². The van der Waals surface area contributed by atoms with Gasteiger partial charge in [-0.3, -0.25) is 9.59 Å². The lowest BCUT2D eigenvalue weighted by Gasteiger charge is -2.19. The monoisotopic (exact) mass is 320 g/mol. The summed E-state index contributed by atoms with van der Waals surface area (Å²) in [4.78, 5) is 26.0. The van der Waals surface area contributed by atoms with Gasteiger partial charge in [0, 0.05) is 19.5 Å². The number of ether oxygens (including phenoxy) is 1. The molecule has 1 aliphatic rings. The Morgan fingerprint density at radius 2 is 2.13 bits per heavy atom. The third-order valence-electron chi connectivity index (χ3n) is 4.18. The van der Waals surface area contributed by atoms with Crippen molar-refractivity contribution in [3.05, 3.63) is 29.8 Å². The van der Waals surface area contributed by atoms with E-state index in [2.05, 4.69) is 5.32 Å². The summed E-state index contributed by atoms with van der Waals surface area (Å²) >= 11 is 0. The predicted octanol–water partition coefficient (Wildman–Crippen LogP) is 0.931. The van der Waals surface area contributed by atoms with Crippen LogP contribution in [0.3, 0.4) is 0 Å². The summed E-state index contributed by atoms with van der Waals surface area (Å²) in [6, 6.07) is 7.30. The molecule has 0 bridgehead atoms. The number of hydrogen-bond donors (Lipinski definition) is 2. The minimum Gasteiger partial charge on any atom is -0.497 e. The van der Waals surface area contributed by atoms with Gasteiger partial charge in [-0.2, -0.15) is 0 Å². The van der Waals surface area contributed by atoms with Crippen molar-refractivity contribution in [3.8, 4) is 5.75 Å². The van der Waals surface area contributed by atoms with Gasteiger partial charge in [0.25, 0.3) is 0 Å². The summed E-state index contributed by atoms with van der Waals surface area (Å²) in [5.41, 5.74) is 1.00. The Morgan fingerprint density at radius 1 is 1.43 bits per heavy atom. The average Bonchev–Trinajstić information content (AvgIpc) is 2.94. The second-order valence-electron chi connectivity index (χ2n) is 5.82. The molecule has 23 heavy (non-hydrogen) atoms. The van der Waals surface area contributed by atoms with Crippen LogP contribution in [0.15, 0.2) is 24.3 Å². The fourth-order valence-corrected chi connectivity index (χ4v) is 2.65. The van der Waals surface area contributed by atoms with Crippen LogP contribution in [0.2, 0.25) is 0 Å². The molecule has 2 N–H and O–H groups in total. The van der Waals surface area contributed by atoms with Crippen LogP contribution in [-0.4, -0.2) is 48.1 Å². The predicted molar refractivity (Wildman–Crippen MR) is 85.8 cm³/mol. The highest BCUT2D eigenvalue weighted by molar-refractivity contribution is 5.89. The first kappa shape index (κ1) is 17.3. The number of aliphatic hydroxyl groups is 1. The molecule has 1 aromatic rings. The van der Waals surface area contributed by atoms with Crippen LogP contribution in [-0.2, 0) is 16.1 Å². The Kier molecular flexibility index (Phi) is 5.98. The number of carbonyl (C=O) groups is 2. The molecule has 0 saturated carbocycles. The first-order valence-corrected chi connectivity index (χ1v) is 7.89. The van der Waals surface area contributed by atoms with E-state index in [4.69, 9.17) is 9.84 Å². The van der Waals surface area contributed by atoms with Crippen molar-refractivity contribution >= 4 is 11.8 Å². The first-order chi connectivity index (χ1) is 11.1. The fourth-order valence-electron chi connectivity index (χ4n) is 2.65. The van der Waals surface area contributed by atoms with Crippen molar-refractivity contribution in [1.29, 1.82) is 0 Å². The van der Waals surface area contributed by atoms with E-state index in [0.29, 0.717) is 19.5 Å². The Bertz CT molecular complexity index is 540. The van der Waals surface area contributed by atoms with Gasteiger partial charge in [-0.25, -0.2) is 0 Å². The van der Waals surface area contributed by atoms with Crippen LogP contribution >= 0.6 is 0 Å². The molecule has 0 radical (unpaired) electrons. The van der Waals surface area contributed by atoms with Crippen LogP contribution in [0, 0.1) is 5.92 Å². The molecule has 2 amide bonds. The molecule has 6 nitrogen and oxygen atoms in total. The molecule has 6 heteroatoms. The maximum atomic E-state index is 12.2. The number of aliphatic hydroxyl groups excluding tert-OH is 1. The third-order valence-corrected chi connectivity index (χ3v) is 4.18. The number of benzene rings is 1. The van der Waals surface area contributed by atoms with Crippen LogP contribution < -0.4 is 10.1 Å².